The van der Waals surface area contributed by atoms with E-state index in [9.17, 15) is 19.5 Å². The van der Waals surface area contributed by atoms with E-state index in [1.807, 2.05) is 31.2 Å². The Bertz CT molecular complexity index is 1040. The van der Waals surface area contributed by atoms with E-state index in [2.05, 4.69) is 29.6 Å². The summed E-state index contributed by atoms with van der Waals surface area (Å²) in [5, 5.41) is 22.0. The quantitative estimate of drug-likeness (QED) is 0.550. The van der Waals surface area contributed by atoms with Crippen LogP contribution in [-0.2, 0) is 14.3 Å². The number of carbonyl (C=O) groups is 3. The maximum atomic E-state index is 12.5. The van der Waals surface area contributed by atoms with Crippen molar-refractivity contribution in [1.29, 1.82) is 0 Å². The first-order chi connectivity index (χ1) is 16.3. The molecular weight excluding hydrogens is 436 g/mol. The largest absolute Gasteiger partial charge is 0.479 e. The van der Waals surface area contributed by atoms with Crippen molar-refractivity contribution in [2.45, 2.75) is 50.2 Å². The number of carboxylic acid groups (broad SMARTS) is 1. The van der Waals surface area contributed by atoms with Gasteiger partial charge in [-0.1, -0.05) is 55.5 Å². The minimum Gasteiger partial charge on any atom is -0.479 e. The van der Waals surface area contributed by atoms with Crippen LogP contribution < -0.4 is 5.32 Å². The molecule has 8 nitrogen and oxygen atoms in total. The van der Waals surface area contributed by atoms with Crippen LogP contribution in [0, 0.1) is 0 Å². The minimum atomic E-state index is -1.88. The van der Waals surface area contributed by atoms with Crippen LogP contribution in [-0.4, -0.2) is 64.4 Å². The Morgan fingerprint density at radius 1 is 1.12 bits per heavy atom. The molecule has 1 aliphatic carbocycles. The number of likely N-dealkylation sites (tertiary alicyclic amines) is 1. The van der Waals surface area contributed by atoms with Crippen LogP contribution in [0.1, 0.15) is 49.7 Å². The number of carbonyl (C=O) groups excluding carboxylic acids is 2. The molecule has 0 radical (unpaired) electrons. The maximum Gasteiger partial charge on any atom is 0.407 e. The van der Waals surface area contributed by atoms with Crippen LogP contribution in [0.25, 0.3) is 11.1 Å². The molecule has 180 valence electrons. The molecule has 2 unspecified atom stereocenters. The van der Waals surface area contributed by atoms with Crippen molar-refractivity contribution in [3.8, 4) is 11.1 Å². The van der Waals surface area contributed by atoms with Gasteiger partial charge in [0.1, 0.15) is 6.61 Å². The molecule has 2 aromatic carbocycles. The van der Waals surface area contributed by atoms with Gasteiger partial charge in [-0.2, -0.15) is 0 Å². The van der Waals surface area contributed by atoms with Crippen molar-refractivity contribution >= 4 is 18.0 Å². The molecule has 8 heteroatoms. The van der Waals surface area contributed by atoms with Gasteiger partial charge in [-0.3, -0.25) is 4.79 Å². The first kappa shape index (κ1) is 23.8. The lowest BCUT2D eigenvalue weighted by atomic mass is 9.98. The van der Waals surface area contributed by atoms with E-state index in [1.54, 1.807) is 0 Å². The van der Waals surface area contributed by atoms with Crippen LogP contribution >= 0.6 is 0 Å². The van der Waals surface area contributed by atoms with Crippen molar-refractivity contribution in [1.82, 2.24) is 10.2 Å². The third-order valence-corrected chi connectivity index (χ3v) is 6.86. The Kier molecular flexibility index (Phi) is 6.88. The predicted molar refractivity (Wildman–Crippen MR) is 125 cm³/mol. The summed E-state index contributed by atoms with van der Waals surface area (Å²) in [6.45, 7) is 2.13. The first-order valence-corrected chi connectivity index (χ1v) is 11.7. The molecule has 34 heavy (non-hydrogen) atoms. The van der Waals surface area contributed by atoms with Crippen LogP contribution in [0.3, 0.4) is 0 Å². The second-order valence-electron chi connectivity index (χ2n) is 9.02. The van der Waals surface area contributed by atoms with E-state index in [0.29, 0.717) is 12.8 Å². The molecule has 1 fully saturated rings. The smallest absolute Gasteiger partial charge is 0.407 e. The summed E-state index contributed by atoms with van der Waals surface area (Å²) in [4.78, 5) is 37.5. The fourth-order valence-electron chi connectivity index (χ4n) is 4.82. The lowest BCUT2D eigenvalue weighted by molar-refractivity contribution is -0.157. The molecule has 2 amide bonds. The summed E-state index contributed by atoms with van der Waals surface area (Å²) in [7, 11) is 0. The summed E-state index contributed by atoms with van der Waals surface area (Å²) < 4.78 is 5.59. The van der Waals surface area contributed by atoms with E-state index in [0.717, 1.165) is 22.3 Å². The lowest BCUT2D eigenvalue weighted by Crippen LogP contribution is -2.43. The molecule has 1 saturated heterocycles. The van der Waals surface area contributed by atoms with Gasteiger partial charge in [-0.05, 0) is 35.1 Å². The monoisotopic (exact) mass is 466 g/mol. The highest BCUT2D eigenvalue weighted by atomic mass is 16.5. The molecular formula is C26H30N2O6. The second kappa shape index (κ2) is 9.85. The zero-order chi connectivity index (χ0) is 24.3. The third-order valence-electron chi connectivity index (χ3n) is 6.86. The van der Waals surface area contributed by atoms with Crippen molar-refractivity contribution < 1.29 is 29.3 Å². The number of rotatable bonds is 8. The third kappa shape index (κ3) is 4.77. The van der Waals surface area contributed by atoms with E-state index >= 15 is 0 Å². The number of amides is 2. The average Bonchev–Trinajstić information content (AvgIpc) is 3.40. The first-order valence-electron chi connectivity index (χ1n) is 11.7. The number of aliphatic hydroxyl groups is 1. The molecule has 2 aromatic rings. The fraction of sp³-hybridized carbons (Fsp3) is 0.423. The van der Waals surface area contributed by atoms with Crippen LogP contribution in [0.15, 0.2) is 48.5 Å². The highest BCUT2D eigenvalue weighted by molar-refractivity contribution is 5.82. The number of benzene rings is 2. The molecule has 2 aliphatic rings. The van der Waals surface area contributed by atoms with Crippen LogP contribution in [0.5, 0.6) is 0 Å². The van der Waals surface area contributed by atoms with Crippen LogP contribution in [0.2, 0.25) is 0 Å². The van der Waals surface area contributed by atoms with Gasteiger partial charge < -0.3 is 25.2 Å². The highest BCUT2D eigenvalue weighted by Gasteiger charge is 2.44. The zero-order valence-electron chi connectivity index (χ0n) is 19.2. The van der Waals surface area contributed by atoms with Crippen molar-refractivity contribution in [3.05, 3.63) is 59.7 Å². The molecule has 0 spiro atoms. The molecule has 0 saturated carbocycles. The fourth-order valence-corrected chi connectivity index (χ4v) is 4.82. The average molecular weight is 467 g/mol. The number of fused-ring (bicyclic) bond motifs is 3. The summed E-state index contributed by atoms with van der Waals surface area (Å²) in [5.41, 5.74) is 2.73. The SMILES string of the molecule is CCC(CCC(=O)N1CCC(O)(C(=O)O)C1)NC(=O)OCC1c2ccccc2-c2ccccc21. The Labute approximate surface area is 198 Å². The van der Waals surface area contributed by atoms with Gasteiger partial charge in [0.2, 0.25) is 5.91 Å². The van der Waals surface area contributed by atoms with Crippen molar-refractivity contribution in [2.75, 3.05) is 19.7 Å². The number of β-amino-alcohol motifs (C(OH)–C–C–N with tert-alkyl or cyclic N) is 1. The zero-order valence-corrected chi connectivity index (χ0v) is 19.2. The molecule has 0 bridgehead atoms. The van der Waals surface area contributed by atoms with Crippen molar-refractivity contribution in [2.24, 2.45) is 0 Å². The minimum absolute atomic E-state index is 0.0171. The van der Waals surface area contributed by atoms with Gasteiger partial charge in [0.15, 0.2) is 5.60 Å². The Morgan fingerprint density at radius 2 is 1.74 bits per heavy atom. The van der Waals surface area contributed by atoms with Gasteiger partial charge in [0, 0.05) is 31.3 Å². The van der Waals surface area contributed by atoms with Crippen molar-refractivity contribution in [3.63, 3.8) is 0 Å². The van der Waals surface area contributed by atoms with Crippen LogP contribution in [0.4, 0.5) is 4.79 Å². The topological polar surface area (TPSA) is 116 Å². The van der Waals surface area contributed by atoms with Gasteiger partial charge in [-0.25, -0.2) is 9.59 Å². The van der Waals surface area contributed by atoms with E-state index in [-0.39, 0.29) is 50.4 Å². The summed E-state index contributed by atoms with van der Waals surface area (Å²) in [6.07, 6.45) is 0.668. The summed E-state index contributed by atoms with van der Waals surface area (Å²) in [5.74, 6) is -1.57. The van der Waals surface area contributed by atoms with E-state index < -0.39 is 17.7 Å². The molecule has 3 N–H and O–H groups in total. The lowest BCUT2D eigenvalue weighted by Gasteiger charge is -2.21. The van der Waals surface area contributed by atoms with Gasteiger partial charge >= 0.3 is 12.1 Å². The number of hydrogen-bond acceptors (Lipinski definition) is 5. The normalized spacial score (nSPS) is 19.9. The summed E-state index contributed by atoms with van der Waals surface area (Å²) in [6, 6.07) is 16.0. The predicted octanol–water partition coefficient (Wildman–Crippen LogP) is 3.13. The number of nitrogens with one attached hydrogen (secondary N) is 1. The Morgan fingerprint density at radius 3 is 2.29 bits per heavy atom. The molecule has 1 heterocycles. The van der Waals surface area contributed by atoms with Gasteiger partial charge in [0.25, 0.3) is 0 Å². The maximum absolute atomic E-state index is 12.5. The number of carboxylic acids is 1. The number of aliphatic carboxylic acids is 1. The Hall–Kier alpha value is -3.39. The molecule has 2 atom stereocenters. The highest BCUT2D eigenvalue weighted by Crippen LogP contribution is 2.44. The number of nitrogens with zero attached hydrogens (tertiary/aromatic N) is 1. The van der Waals surface area contributed by atoms with Gasteiger partial charge in [-0.15, -0.1) is 0 Å². The number of hydrogen-bond donors (Lipinski definition) is 3. The van der Waals surface area contributed by atoms with E-state index in [1.165, 1.54) is 4.90 Å². The van der Waals surface area contributed by atoms with Gasteiger partial charge in [0.05, 0.1) is 6.54 Å². The number of alkyl carbamates (subject to hydrolysis) is 1. The molecule has 0 aromatic heterocycles. The Balaban J connectivity index is 1.28. The van der Waals surface area contributed by atoms with E-state index in [4.69, 9.17) is 9.84 Å². The summed E-state index contributed by atoms with van der Waals surface area (Å²) >= 11 is 0. The second-order valence-corrected chi connectivity index (χ2v) is 9.02. The molecule has 1 aliphatic heterocycles. The standard InChI is InChI=1S/C26H30N2O6/c1-2-17(11-12-23(29)28-14-13-26(33,16-28)24(30)31)27-25(32)34-15-22-20-9-5-3-7-18(20)19-8-4-6-10-21(19)22/h3-10,17,22,33H,2,11-16H2,1H3,(H,27,32)(H,30,31). The number of ether oxygens (including phenoxy) is 1. The molecule has 4 rings (SSSR count).